The molecule has 0 saturated heterocycles. The van der Waals surface area contributed by atoms with Gasteiger partial charge in [0.1, 0.15) is 11.5 Å². The molecule has 0 amide bonds. The lowest BCUT2D eigenvalue weighted by atomic mass is 9.53. The van der Waals surface area contributed by atoms with E-state index in [4.69, 9.17) is 14.7 Å². The van der Waals surface area contributed by atoms with Gasteiger partial charge in [0.15, 0.2) is 5.82 Å². The summed E-state index contributed by atoms with van der Waals surface area (Å²) in [5.41, 5.74) is 13.9. The molecular formula is C56H38N2OS. The third kappa shape index (κ3) is 5.07. The summed E-state index contributed by atoms with van der Waals surface area (Å²) in [5, 5.41) is 2.55. The molecule has 4 heteroatoms. The molecule has 12 rings (SSSR count). The summed E-state index contributed by atoms with van der Waals surface area (Å²) in [6.45, 7) is 4.77. The molecule has 1 aliphatic carbocycles. The van der Waals surface area contributed by atoms with Crippen molar-refractivity contribution in [2.45, 2.75) is 24.7 Å². The number of thiophene rings is 1. The number of rotatable bonds is 4. The van der Waals surface area contributed by atoms with Crippen LogP contribution in [-0.4, -0.2) is 9.97 Å². The van der Waals surface area contributed by atoms with E-state index >= 15 is 0 Å². The number of hydrogen-bond donors (Lipinski definition) is 0. The van der Waals surface area contributed by atoms with Gasteiger partial charge in [0.05, 0.1) is 16.8 Å². The van der Waals surface area contributed by atoms with Crippen LogP contribution in [0, 0.1) is 0 Å². The van der Waals surface area contributed by atoms with Gasteiger partial charge in [0.2, 0.25) is 0 Å². The van der Waals surface area contributed by atoms with E-state index in [-0.39, 0.29) is 5.41 Å². The van der Waals surface area contributed by atoms with E-state index in [0.717, 1.165) is 56.3 Å². The summed E-state index contributed by atoms with van der Waals surface area (Å²) >= 11 is 1.82. The third-order valence-corrected chi connectivity index (χ3v) is 13.9. The first kappa shape index (κ1) is 34.9. The molecule has 2 aromatic heterocycles. The van der Waals surface area contributed by atoms with Crippen LogP contribution >= 0.6 is 11.3 Å². The molecule has 0 N–H and O–H groups in total. The molecule has 0 fully saturated rings. The van der Waals surface area contributed by atoms with Crippen LogP contribution in [0.2, 0.25) is 0 Å². The van der Waals surface area contributed by atoms with Gasteiger partial charge in [-0.1, -0.05) is 172 Å². The molecule has 2 aliphatic rings. The number of aromatic nitrogens is 2. The topological polar surface area (TPSA) is 35.0 Å². The molecule has 60 heavy (non-hydrogen) atoms. The zero-order valence-electron chi connectivity index (χ0n) is 33.2. The second-order valence-corrected chi connectivity index (χ2v) is 17.5. The third-order valence-electron chi connectivity index (χ3n) is 12.8. The van der Waals surface area contributed by atoms with Gasteiger partial charge in [0.25, 0.3) is 0 Å². The number of benzene rings is 8. The number of fused-ring (bicyclic) bond motifs is 11. The van der Waals surface area contributed by atoms with Gasteiger partial charge >= 0.3 is 0 Å². The Labute approximate surface area is 353 Å². The van der Waals surface area contributed by atoms with Gasteiger partial charge in [-0.3, -0.25) is 0 Å². The molecule has 0 bridgehead atoms. The quantitative estimate of drug-likeness (QED) is 0.178. The van der Waals surface area contributed by atoms with E-state index in [1.165, 1.54) is 48.0 Å². The van der Waals surface area contributed by atoms with Crippen molar-refractivity contribution in [2.75, 3.05) is 0 Å². The average molecular weight is 787 g/mol. The minimum atomic E-state index is -0.581. The SMILES string of the molecule is CC1(C)c2ccccc2C2(c3ccccc3Oc3ccccc32)c2cccc(-c3cccc(-c4cc(-c5ccccc5)nc(-c5ccc6c(c5)sc5ccccc56)n4)c3)c21. The van der Waals surface area contributed by atoms with E-state index in [1.807, 2.05) is 17.4 Å². The Balaban J connectivity index is 1.07. The van der Waals surface area contributed by atoms with Crippen molar-refractivity contribution < 1.29 is 4.74 Å². The lowest BCUT2D eigenvalue weighted by molar-refractivity contribution is 0.425. The predicted molar refractivity (Wildman–Crippen MR) is 247 cm³/mol. The highest BCUT2D eigenvalue weighted by Crippen LogP contribution is 2.62. The first-order valence-corrected chi connectivity index (χ1v) is 21.4. The highest BCUT2D eigenvalue weighted by Gasteiger charge is 2.53. The van der Waals surface area contributed by atoms with Crippen molar-refractivity contribution in [2.24, 2.45) is 0 Å². The van der Waals surface area contributed by atoms with Gasteiger partial charge in [-0.05, 0) is 69.8 Å². The number of hydrogen-bond acceptors (Lipinski definition) is 4. The second kappa shape index (κ2) is 13.2. The Morgan fingerprint density at radius 2 is 1.00 bits per heavy atom. The van der Waals surface area contributed by atoms with Crippen molar-refractivity contribution in [3.8, 4) is 56.5 Å². The highest BCUT2D eigenvalue weighted by atomic mass is 32.1. The fraction of sp³-hybridized carbons (Fsp3) is 0.0714. The summed E-state index contributed by atoms with van der Waals surface area (Å²) in [4.78, 5) is 10.5. The maximum Gasteiger partial charge on any atom is 0.160 e. The molecule has 3 heterocycles. The molecule has 3 nitrogen and oxygen atoms in total. The number of ether oxygens (including phenoxy) is 1. The van der Waals surface area contributed by atoms with Crippen LogP contribution in [0.3, 0.4) is 0 Å². The Morgan fingerprint density at radius 3 is 1.78 bits per heavy atom. The lowest BCUT2D eigenvalue weighted by Crippen LogP contribution is -2.43. The van der Waals surface area contributed by atoms with Crippen LogP contribution in [0.4, 0.5) is 0 Å². The van der Waals surface area contributed by atoms with Crippen LogP contribution in [0.15, 0.2) is 194 Å². The molecule has 284 valence electrons. The first-order valence-electron chi connectivity index (χ1n) is 20.6. The summed E-state index contributed by atoms with van der Waals surface area (Å²) < 4.78 is 9.19. The summed E-state index contributed by atoms with van der Waals surface area (Å²) in [5.74, 6) is 2.50. The first-order chi connectivity index (χ1) is 29.5. The highest BCUT2D eigenvalue weighted by molar-refractivity contribution is 7.25. The van der Waals surface area contributed by atoms with Crippen molar-refractivity contribution >= 4 is 31.5 Å². The van der Waals surface area contributed by atoms with Crippen LogP contribution < -0.4 is 4.74 Å². The standard InChI is InChI=1S/C56H38N2OS/c1-55(2)42-22-7-8-23-43(42)56(44-24-9-11-27-49(44)59-50-28-12-10-25-45(50)56)46-26-15-21-39(53(46)55)36-18-14-19-37(32-36)48-34-47(35-16-4-3-5-17-35)57-54(58-48)38-30-31-41-40-20-6-13-29-51(40)60-52(41)33-38/h3-34H,1-2H3. The summed E-state index contributed by atoms with van der Waals surface area (Å²) in [7, 11) is 0. The van der Waals surface area contributed by atoms with Crippen LogP contribution in [0.1, 0.15) is 47.2 Å². The van der Waals surface area contributed by atoms with Crippen LogP contribution in [-0.2, 0) is 10.8 Å². The van der Waals surface area contributed by atoms with E-state index in [0.29, 0.717) is 5.82 Å². The average Bonchev–Trinajstić information content (AvgIpc) is 3.68. The van der Waals surface area contributed by atoms with Gasteiger partial charge in [0, 0.05) is 53.4 Å². The van der Waals surface area contributed by atoms with E-state index in [1.54, 1.807) is 0 Å². The zero-order valence-corrected chi connectivity index (χ0v) is 34.0. The summed E-state index contributed by atoms with van der Waals surface area (Å²) in [6, 6.07) is 69.9. The molecule has 0 radical (unpaired) electrons. The minimum absolute atomic E-state index is 0.320. The van der Waals surface area contributed by atoms with Gasteiger partial charge in [-0.15, -0.1) is 11.3 Å². The van der Waals surface area contributed by atoms with Crippen molar-refractivity contribution in [3.05, 3.63) is 228 Å². The molecule has 8 aromatic carbocycles. The predicted octanol–water partition coefficient (Wildman–Crippen LogP) is 14.6. The zero-order chi connectivity index (χ0) is 40.0. The summed E-state index contributed by atoms with van der Waals surface area (Å²) in [6.07, 6.45) is 0. The van der Waals surface area contributed by atoms with Crippen molar-refractivity contribution in [3.63, 3.8) is 0 Å². The van der Waals surface area contributed by atoms with E-state index in [9.17, 15) is 0 Å². The minimum Gasteiger partial charge on any atom is -0.457 e. The van der Waals surface area contributed by atoms with Crippen LogP contribution in [0.5, 0.6) is 11.5 Å². The monoisotopic (exact) mass is 786 g/mol. The van der Waals surface area contributed by atoms with Crippen LogP contribution in [0.25, 0.3) is 65.2 Å². The largest absolute Gasteiger partial charge is 0.457 e. The molecule has 0 saturated carbocycles. The fourth-order valence-electron chi connectivity index (χ4n) is 10.2. The smallest absolute Gasteiger partial charge is 0.160 e. The normalized spacial score (nSPS) is 14.2. The Morgan fingerprint density at radius 1 is 0.417 bits per heavy atom. The van der Waals surface area contributed by atoms with Gasteiger partial charge in [-0.25, -0.2) is 9.97 Å². The fourth-order valence-corrected chi connectivity index (χ4v) is 11.3. The molecular weight excluding hydrogens is 749 g/mol. The number of nitrogens with zero attached hydrogens (tertiary/aromatic N) is 2. The second-order valence-electron chi connectivity index (χ2n) is 16.5. The molecule has 10 aromatic rings. The Kier molecular flexibility index (Phi) is 7.66. The van der Waals surface area contributed by atoms with Gasteiger partial charge in [-0.2, -0.15) is 0 Å². The van der Waals surface area contributed by atoms with Gasteiger partial charge < -0.3 is 4.74 Å². The van der Waals surface area contributed by atoms with Crippen molar-refractivity contribution in [1.82, 2.24) is 9.97 Å². The maximum absolute atomic E-state index is 6.67. The Hall–Kier alpha value is -7.14. The maximum atomic E-state index is 6.67. The molecule has 1 aliphatic heterocycles. The Bertz CT molecular complexity index is 3300. The molecule has 0 unspecified atom stereocenters. The van der Waals surface area contributed by atoms with E-state index < -0.39 is 5.41 Å². The lowest BCUT2D eigenvalue weighted by Gasteiger charge is -2.50. The van der Waals surface area contributed by atoms with E-state index in [2.05, 4.69) is 202 Å². The van der Waals surface area contributed by atoms with Crippen molar-refractivity contribution in [1.29, 1.82) is 0 Å². The molecule has 1 spiro atoms. The molecule has 0 atom stereocenters. The number of para-hydroxylation sites is 2.